The van der Waals surface area contributed by atoms with Gasteiger partial charge in [0.2, 0.25) is 5.91 Å². The Labute approximate surface area is 193 Å². The van der Waals surface area contributed by atoms with Crippen LogP contribution in [0, 0.1) is 29.3 Å². The Morgan fingerprint density at radius 1 is 1.03 bits per heavy atom. The molecule has 174 valence electrons. The van der Waals surface area contributed by atoms with Gasteiger partial charge in [0.15, 0.2) is 0 Å². The van der Waals surface area contributed by atoms with Crippen molar-refractivity contribution in [3.05, 3.63) is 88.1 Å². The molecular formula is C26H22F3N3O2. The van der Waals surface area contributed by atoms with Crippen LogP contribution in [0.1, 0.15) is 24.8 Å². The van der Waals surface area contributed by atoms with E-state index in [1.54, 1.807) is 24.3 Å². The zero-order valence-electron chi connectivity index (χ0n) is 18.1. The van der Waals surface area contributed by atoms with Gasteiger partial charge in [-0.3, -0.25) is 9.59 Å². The van der Waals surface area contributed by atoms with Gasteiger partial charge in [-0.2, -0.15) is 0 Å². The average molecular weight is 465 g/mol. The van der Waals surface area contributed by atoms with Crippen molar-refractivity contribution in [1.82, 2.24) is 9.97 Å². The zero-order valence-corrected chi connectivity index (χ0v) is 18.1. The summed E-state index contributed by atoms with van der Waals surface area (Å²) in [6.45, 7) is 0. The number of carbonyl (C=O) groups excluding carboxylic acids is 1. The largest absolute Gasteiger partial charge is 0.352 e. The number of aryl methyl sites for hydroxylation is 1. The molecule has 8 heteroatoms. The van der Waals surface area contributed by atoms with E-state index < -0.39 is 11.6 Å². The van der Waals surface area contributed by atoms with Crippen LogP contribution >= 0.6 is 0 Å². The number of fused-ring (bicyclic) bond motifs is 1. The molecule has 5 rings (SSSR count). The van der Waals surface area contributed by atoms with Crippen LogP contribution in [0.5, 0.6) is 0 Å². The van der Waals surface area contributed by atoms with Crippen LogP contribution in [0.15, 0.2) is 59.5 Å². The summed E-state index contributed by atoms with van der Waals surface area (Å²) in [5.74, 6) is -1.81. The third-order valence-electron chi connectivity index (χ3n) is 6.55. The van der Waals surface area contributed by atoms with Crippen LogP contribution in [-0.2, 0) is 11.2 Å². The molecule has 0 aliphatic heterocycles. The lowest BCUT2D eigenvalue weighted by atomic mass is 9.72. The van der Waals surface area contributed by atoms with Crippen LogP contribution in [-0.4, -0.2) is 15.9 Å². The average Bonchev–Trinajstić information content (AvgIpc) is 3.13. The highest BCUT2D eigenvalue weighted by atomic mass is 19.1. The number of pyridine rings is 1. The molecule has 2 aromatic carbocycles. The first-order chi connectivity index (χ1) is 16.4. The highest BCUT2D eigenvalue weighted by Gasteiger charge is 2.34. The van der Waals surface area contributed by atoms with E-state index in [1.807, 2.05) is 0 Å². The second-order valence-electron chi connectivity index (χ2n) is 8.77. The minimum atomic E-state index is -0.680. The van der Waals surface area contributed by atoms with E-state index in [9.17, 15) is 22.8 Å². The molecule has 3 N–H and O–H groups in total. The van der Waals surface area contributed by atoms with Crippen molar-refractivity contribution in [3.63, 3.8) is 0 Å². The Morgan fingerprint density at radius 2 is 1.79 bits per heavy atom. The van der Waals surface area contributed by atoms with E-state index in [0.717, 1.165) is 18.1 Å². The predicted octanol–water partition coefficient (Wildman–Crippen LogP) is 5.54. The molecule has 1 aliphatic rings. The number of amides is 1. The molecule has 1 aliphatic carbocycles. The van der Waals surface area contributed by atoms with Gasteiger partial charge in [-0.15, -0.1) is 0 Å². The number of hydrogen-bond donors (Lipinski definition) is 3. The number of halogens is 3. The summed E-state index contributed by atoms with van der Waals surface area (Å²) < 4.78 is 41.9. The van der Waals surface area contributed by atoms with Crippen LogP contribution in [0.25, 0.3) is 22.2 Å². The highest BCUT2D eigenvalue weighted by molar-refractivity contribution is 5.93. The lowest BCUT2D eigenvalue weighted by Crippen LogP contribution is -2.35. The number of hydrogen-bond acceptors (Lipinski definition) is 2. The van der Waals surface area contributed by atoms with Crippen molar-refractivity contribution >= 4 is 22.5 Å². The van der Waals surface area contributed by atoms with E-state index in [0.29, 0.717) is 35.9 Å². The maximum atomic E-state index is 14.4. The molecular weight excluding hydrogens is 443 g/mol. The number of aromatic nitrogens is 2. The second-order valence-corrected chi connectivity index (χ2v) is 8.77. The van der Waals surface area contributed by atoms with E-state index >= 15 is 0 Å². The number of anilines is 1. The minimum Gasteiger partial charge on any atom is -0.352 e. The maximum Gasteiger partial charge on any atom is 0.271 e. The van der Waals surface area contributed by atoms with Gasteiger partial charge in [-0.25, -0.2) is 13.2 Å². The zero-order chi connectivity index (χ0) is 23.8. The van der Waals surface area contributed by atoms with E-state index in [4.69, 9.17) is 0 Å². The summed E-state index contributed by atoms with van der Waals surface area (Å²) >= 11 is 0. The molecule has 34 heavy (non-hydrogen) atoms. The fraction of sp³-hybridized carbons (Fsp3) is 0.231. The third kappa shape index (κ3) is 4.23. The molecule has 0 radical (unpaired) electrons. The molecule has 2 aromatic heterocycles. The molecule has 0 saturated heterocycles. The molecule has 5 nitrogen and oxygen atoms in total. The van der Waals surface area contributed by atoms with Gasteiger partial charge >= 0.3 is 0 Å². The van der Waals surface area contributed by atoms with Gasteiger partial charge in [-0.1, -0.05) is 0 Å². The van der Waals surface area contributed by atoms with Gasteiger partial charge in [-0.05, 0) is 85.2 Å². The number of rotatable bonds is 6. The molecule has 0 atom stereocenters. The van der Waals surface area contributed by atoms with Gasteiger partial charge in [0.25, 0.3) is 5.56 Å². The second kappa shape index (κ2) is 8.85. The number of H-pyrrole nitrogens is 2. The van der Waals surface area contributed by atoms with Crippen LogP contribution in [0.4, 0.5) is 18.9 Å². The standard InChI is InChI=1S/C26H22F3N3O2/c27-17-6-4-15(5-7-17)23-19(20-12-18(28)13-21(29)24(20)32-23)8-3-14-10-16(11-14)25(33)31-22-2-1-9-30-26(22)34/h1-2,4-7,9,12-14,16,32H,3,8,10-11H2,(H,30,34)(H,31,33). The maximum absolute atomic E-state index is 14.4. The number of benzene rings is 2. The van der Waals surface area contributed by atoms with Crippen molar-refractivity contribution in [2.45, 2.75) is 25.7 Å². The third-order valence-corrected chi connectivity index (χ3v) is 6.55. The summed E-state index contributed by atoms with van der Waals surface area (Å²) in [6.07, 6.45) is 4.13. The fourth-order valence-electron chi connectivity index (χ4n) is 4.69. The molecule has 1 fully saturated rings. The Bertz CT molecular complexity index is 1420. The first-order valence-corrected chi connectivity index (χ1v) is 11.1. The van der Waals surface area contributed by atoms with E-state index in [1.165, 1.54) is 24.4 Å². The molecule has 1 saturated carbocycles. The van der Waals surface area contributed by atoms with Crippen molar-refractivity contribution in [2.75, 3.05) is 5.32 Å². The van der Waals surface area contributed by atoms with Crippen molar-refractivity contribution in [3.8, 4) is 11.3 Å². The Hall–Kier alpha value is -3.81. The van der Waals surface area contributed by atoms with E-state index in [-0.39, 0.29) is 40.3 Å². The first kappa shape index (κ1) is 22.0. The van der Waals surface area contributed by atoms with Gasteiger partial charge in [0.1, 0.15) is 23.1 Å². The van der Waals surface area contributed by atoms with Crippen molar-refractivity contribution in [1.29, 1.82) is 0 Å². The lowest BCUT2D eigenvalue weighted by molar-refractivity contribution is -0.123. The summed E-state index contributed by atoms with van der Waals surface area (Å²) in [5.41, 5.74) is 2.18. The molecule has 1 amide bonds. The Kier molecular flexibility index (Phi) is 5.73. The van der Waals surface area contributed by atoms with E-state index in [2.05, 4.69) is 15.3 Å². The number of carbonyl (C=O) groups is 1. The molecule has 0 bridgehead atoms. The summed E-state index contributed by atoms with van der Waals surface area (Å²) in [7, 11) is 0. The summed E-state index contributed by atoms with van der Waals surface area (Å²) in [4.78, 5) is 29.8. The van der Waals surface area contributed by atoms with Crippen LogP contribution < -0.4 is 10.9 Å². The van der Waals surface area contributed by atoms with Gasteiger partial charge in [0.05, 0.1) is 5.52 Å². The molecule has 0 spiro atoms. The highest BCUT2D eigenvalue weighted by Crippen LogP contribution is 2.40. The molecule has 0 unspecified atom stereocenters. The minimum absolute atomic E-state index is 0.181. The predicted molar refractivity (Wildman–Crippen MR) is 124 cm³/mol. The first-order valence-electron chi connectivity index (χ1n) is 11.1. The quantitative estimate of drug-likeness (QED) is 0.350. The topological polar surface area (TPSA) is 77.8 Å². The lowest BCUT2D eigenvalue weighted by Gasteiger charge is -2.34. The Balaban J connectivity index is 1.31. The molecule has 4 aromatic rings. The SMILES string of the molecule is O=C(Nc1ccc[nH]c1=O)C1CC(CCc2c(-c3ccc(F)cc3)[nH]c3c(F)cc(F)cc23)C1. The summed E-state index contributed by atoms with van der Waals surface area (Å²) in [6, 6.07) is 11.2. The fourth-order valence-corrected chi connectivity index (χ4v) is 4.69. The monoisotopic (exact) mass is 465 g/mol. The smallest absolute Gasteiger partial charge is 0.271 e. The van der Waals surface area contributed by atoms with Gasteiger partial charge < -0.3 is 15.3 Å². The normalized spacial score (nSPS) is 17.5. The van der Waals surface area contributed by atoms with Gasteiger partial charge in [0, 0.05) is 29.3 Å². The van der Waals surface area contributed by atoms with Crippen LogP contribution in [0.3, 0.4) is 0 Å². The number of nitrogens with one attached hydrogen (secondary N) is 3. The van der Waals surface area contributed by atoms with Crippen molar-refractivity contribution < 1.29 is 18.0 Å². The summed E-state index contributed by atoms with van der Waals surface area (Å²) in [5, 5.41) is 3.14. The number of aromatic amines is 2. The van der Waals surface area contributed by atoms with Crippen molar-refractivity contribution in [2.24, 2.45) is 11.8 Å². The molecule has 2 heterocycles. The van der Waals surface area contributed by atoms with Crippen LogP contribution in [0.2, 0.25) is 0 Å². The Morgan fingerprint density at radius 3 is 2.53 bits per heavy atom.